The summed E-state index contributed by atoms with van der Waals surface area (Å²) < 4.78 is 0. The molecule has 12 heavy (non-hydrogen) atoms. The molecule has 5 nitrogen and oxygen atoms in total. The van der Waals surface area contributed by atoms with Crippen LogP contribution >= 0.6 is 0 Å². The van der Waals surface area contributed by atoms with Crippen LogP contribution in [0.1, 0.15) is 5.56 Å². The maximum atomic E-state index is 7.96. The molecule has 0 radical (unpaired) electrons. The number of nitrogens with zero attached hydrogens (tertiary/aromatic N) is 5. The zero-order valence-corrected chi connectivity index (χ0v) is 6.33. The second-order valence-electron chi connectivity index (χ2n) is 1.99. The number of hydrogen-bond acceptors (Lipinski definition) is 3. The lowest BCUT2D eigenvalue weighted by Gasteiger charge is -1.87. The van der Waals surface area contributed by atoms with Gasteiger partial charge in [-0.1, -0.05) is 17.3 Å². The van der Waals surface area contributed by atoms with Crippen molar-refractivity contribution >= 4 is 6.08 Å². The Hall–Kier alpha value is -1.87. The van der Waals surface area contributed by atoms with E-state index >= 15 is 0 Å². The summed E-state index contributed by atoms with van der Waals surface area (Å²) in [4.78, 5) is 10.2. The highest BCUT2D eigenvalue weighted by atomic mass is 15.1. The number of aromatic nitrogens is 2. The highest BCUT2D eigenvalue weighted by molar-refractivity contribution is 5.46. The fraction of sp³-hybridized carbons (Fsp3) is 0.143. The van der Waals surface area contributed by atoms with Crippen molar-refractivity contribution in [3.63, 3.8) is 0 Å². The first-order chi connectivity index (χ1) is 5.93. The van der Waals surface area contributed by atoms with Gasteiger partial charge in [-0.05, 0) is 5.53 Å². The van der Waals surface area contributed by atoms with Crippen molar-refractivity contribution < 1.29 is 0 Å². The standard InChI is InChI=1S/C7H7N5/c8-12-11-3-1-2-7-4-9-6-10-5-7/h1-2,4-6H,3H2. The lowest BCUT2D eigenvalue weighted by Crippen LogP contribution is -1.78. The Bertz CT molecular complexity index is 299. The minimum absolute atomic E-state index is 0.353. The van der Waals surface area contributed by atoms with Gasteiger partial charge in [-0.3, -0.25) is 0 Å². The predicted octanol–water partition coefficient (Wildman–Crippen LogP) is 1.80. The van der Waals surface area contributed by atoms with Crippen LogP contribution in [-0.2, 0) is 0 Å². The van der Waals surface area contributed by atoms with Crippen LogP contribution in [0.5, 0.6) is 0 Å². The van der Waals surface area contributed by atoms with E-state index in [0.29, 0.717) is 6.54 Å². The topological polar surface area (TPSA) is 74.5 Å². The van der Waals surface area contributed by atoms with E-state index in [4.69, 9.17) is 5.53 Å². The Morgan fingerprint density at radius 3 is 2.92 bits per heavy atom. The molecule has 0 aliphatic carbocycles. The van der Waals surface area contributed by atoms with E-state index in [-0.39, 0.29) is 0 Å². The molecular formula is C7H7N5. The molecule has 1 rings (SSSR count). The summed E-state index contributed by atoms with van der Waals surface area (Å²) >= 11 is 0. The van der Waals surface area contributed by atoms with Gasteiger partial charge >= 0.3 is 0 Å². The Labute approximate surface area is 69.4 Å². The lowest BCUT2D eigenvalue weighted by atomic mass is 10.3. The summed E-state index contributed by atoms with van der Waals surface area (Å²) in [6.07, 6.45) is 8.37. The normalized spacial score (nSPS) is 9.67. The zero-order chi connectivity index (χ0) is 8.65. The highest BCUT2D eigenvalue weighted by Gasteiger charge is 1.82. The van der Waals surface area contributed by atoms with Crippen LogP contribution in [0.25, 0.3) is 16.5 Å². The van der Waals surface area contributed by atoms with Gasteiger partial charge in [0, 0.05) is 29.4 Å². The maximum absolute atomic E-state index is 7.96. The largest absolute Gasteiger partial charge is 0.244 e. The summed E-state index contributed by atoms with van der Waals surface area (Å²) in [7, 11) is 0. The molecule has 0 aliphatic heterocycles. The number of hydrogen-bond donors (Lipinski definition) is 0. The monoisotopic (exact) mass is 161 g/mol. The summed E-state index contributed by atoms with van der Waals surface area (Å²) in [6.45, 7) is 0.353. The van der Waals surface area contributed by atoms with E-state index in [0.717, 1.165) is 5.56 Å². The molecule has 0 aliphatic rings. The SMILES string of the molecule is [N-]=[N+]=NCC=Cc1cncnc1. The van der Waals surface area contributed by atoms with E-state index in [1.807, 2.05) is 0 Å². The minimum atomic E-state index is 0.353. The van der Waals surface area contributed by atoms with Crippen molar-refractivity contribution in [2.45, 2.75) is 0 Å². The van der Waals surface area contributed by atoms with Gasteiger partial charge in [-0.2, -0.15) is 0 Å². The lowest BCUT2D eigenvalue weighted by molar-refractivity contribution is 1.16. The average molecular weight is 161 g/mol. The molecule has 1 heterocycles. The molecule has 1 aromatic rings. The van der Waals surface area contributed by atoms with E-state index in [2.05, 4.69) is 20.0 Å². The van der Waals surface area contributed by atoms with Crippen LogP contribution < -0.4 is 0 Å². The predicted molar refractivity (Wildman–Crippen MR) is 45.1 cm³/mol. The van der Waals surface area contributed by atoms with E-state index in [1.54, 1.807) is 24.5 Å². The van der Waals surface area contributed by atoms with Crippen LogP contribution in [0, 0.1) is 0 Å². The van der Waals surface area contributed by atoms with Gasteiger partial charge in [-0.25, -0.2) is 9.97 Å². The van der Waals surface area contributed by atoms with Crippen LogP contribution in [0.2, 0.25) is 0 Å². The quantitative estimate of drug-likeness (QED) is 0.385. The Balaban J connectivity index is 2.52. The molecule has 0 bridgehead atoms. The van der Waals surface area contributed by atoms with Crippen molar-refractivity contribution in [2.24, 2.45) is 5.11 Å². The van der Waals surface area contributed by atoms with Gasteiger partial charge < -0.3 is 0 Å². The second-order valence-corrected chi connectivity index (χ2v) is 1.99. The Kier molecular flexibility index (Phi) is 3.34. The van der Waals surface area contributed by atoms with Crippen molar-refractivity contribution in [1.29, 1.82) is 0 Å². The average Bonchev–Trinajstić information content (AvgIpc) is 2.14. The number of azide groups is 1. The molecule has 0 spiro atoms. The third kappa shape index (κ3) is 2.81. The summed E-state index contributed by atoms with van der Waals surface area (Å²) in [5.41, 5.74) is 8.86. The molecule has 60 valence electrons. The number of rotatable bonds is 3. The van der Waals surface area contributed by atoms with Gasteiger partial charge in [0.15, 0.2) is 0 Å². The van der Waals surface area contributed by atoms with Crippen molar-refractivity contribution in [2.75, 3.05) is 6.54 Å². The molecule has 5 heteroatoms. The fourth-order valence-corrected chi connectivity index (χ4v) is 0.669. The van der Waals surface area contributed by atoms with E-state index in [9.17, 15) is 0 Å². The van der Waals surface area contributed by atoms with E-state index < -0.39 is 0 Å². The first kappa shape index (κ1) is 8.23. The molecule has 0 fully saturated rings. The van der Waals surface area contributed by atoms with Crippen LogP contribution in [-0.4, -0.2) is 16.5 Å². The molecule has 0 unspecified atom stereocenters. The Morgan fingerprint density at radius 1 is 1.50 bits per heavy atom. The highest BCUT2D eigenvalue weighted by Crippen LogP contribution is 1.95. The van der Waals surface area contributed by atoms with E-state index in [1.165, 1.54) is 6.33 Å². The zero-order valence-electron chi connectivity index (χ0n) is 6.33. The van der Waals surface area contributed by atoms with Crippen molar-refractivity contribution in [3.8, 4) is 0 Å². The van der Waals surface area contributed by atoms with Crippen LogP contribution in [0.15, 0.2) is 29.9 Å². The van der Waals surface area contributed by atoms with Gasteiger partial charge in [0.05, 0.1) is 0 Å². The summed E-state index contributed by atoms with van der Waals surface area (Å²) in [5.74, 6) is 0. The second kappa shape index (κ2) is 4.87. The molecule has 1 aromatic heterocycles. The van der Waals surface area contributed by atoms with Gasteiger partial charge in [-0.15, -0.1) is 0 Å². The third-order valence-corrected chi connectivity index (χ3v) is 1.14. The molecule has 0 N–H and O–H groups in total. The van der Waals surface area contributed by atoms with Gasteiger partial charge in [0.25, 0.3) is 0 Å². The molecule has 0 saturated heterocycles. The molecule has 0 saturated carbocycles. The first-order valence-corrected chi connectivity index (χ1v) is 3.36. The Morgan fingerprint density at radius 2 is 2.25 bits per heavy atom. The minimum Gasteiger partial charge on any atom is -0.244 e. The van der Waals surface area contributed by atoms with Gasteiger partial charge in [0.1, 0.15) is 6.33 Å². The van der Waals surface area contributed by atoms with Crippen molar-refractivity contribution in [3.05, 3.63) is 40.8 Å². The fourth-order valence-electron chi connectivity index (χ4n) is 0.669. The molecule has 0 amide bonds. The summed E-state index contributed by atoms with van der Waals surface area (Å²) in [6, 6.07) is 0. The van der Waals surface area contributed by atoms with Gasteiger partial charge in [0.2, 0.25) is 0 Å². The smallest absolute Gasteiger partial charge is 0.115 e. The maximum Gasteiger partial charge on any atom is 0.115 e. The molecule has 0 aromatic carbocycles. The third-order valence-electron chi connectivity index (χ3n) is 1.14. The van der Waals surface area contributed by atoms with Crippen LogP contribution in [0.4, 0.5) is 0 Å². The molecular weight excluding hydrogens is 154 g/mol. The van der Waals surface area contributed by atoms with Crippen molar-refractivity contribution in [1.82, 2.24) is 9.97 Å². The molecule has 0 atom stereocenters. The summed E-state index contributed by atoms with van der Waals surface area (Å²) in [5, 5.41) is 3.34. The van der Waals surface area contributed by atoms with Crippen LogP contribution in [0.3, 0.4) is 0 Å². The first-order valence-electron chi connectivity index (χ1n) is 3.36.